The molecule has 4 nitrogen and oxygen atoms in total. The smallest absolute Gasteiger partial charge is 0.311 e. The number of ether oxygens (including phenoxy) is 2. The summed E-state index contributed by atoms with van der Waals surface area (Å²) in [5, 5.41) is 0. The molecule has 0 N–H and O–H groups in total. The van der Waals surface area contributed by atoms with Crippen molar-refractivity contribution in [2.45, 2.75) is 46.0 Å². The van der Waals surface area contributed by atoms with E-state index in [0.29, 0.717) is 6.42 Å². The zero-order chi connectivity index (χ0) is 14.1. The molecule has 0 saturated heterocycles. The summed E-state index contributed by atoms with van der Waals surface area (Å²) in [5.41, 5.74) is 0. The second-order valence-corrected chi connectivity index (χ2v) is 4.33. The number of benzene rings is 1. The van der Waals surface area contributed by atoms with Gasteiger partial charge in [-0.25, -0.2) is 0 Å². The molecule has 0 radical (unpaired) electrons. The Morgan fingerprint density at radius 3 is 2.21 bits per heavy atom. The van der Waals surface area contributed by atoms with E-state index in [4.69, 9.17) is 9.47 Å². The number of rotatable bonds is 7. The molecule has 4 heteroatoms. The van der Waals surface area contributed by atoms with Gasteiger partial charge in [-0.3, -0.25) is 9.59 Å². The summed E-state index contributed by atoms with van der Waals surface area (Å²) < 4.78 is 10.2. The molecule has 1 rings (SSSR count). The Bertz CT molecular complexity index is 426. The molecule has 1 aromatic carbocycles. The predicted octanol–water partition coefficient (Wildman–Crippen LogP) is 3.49. The van der Waals surface area contributed by atoms with Gasteiger partial charge in [0.15, 0.2) is 11.5 Å². The number of hydrogen-bond acceptors (Lipinski definition) is 4. The number of para-hydroxylation sites is 2. The van der Waals surface area contributed by atoms with Crippen molar-refractivity contribution in [3.05, 3.63) is 24.3 Å². The fraction of sp³-hybridized carbons (Fsp3) is 0.467. The molecule has 0 aliphatic heterocycles. The topological polar surface area (TPSA) is 52.6 Å². The average molecular weight is 264 g/mol. The third-order valence-corrected chi connectivity index (χ3v) is 2.56. The van der Waals surface area contributed by atoms with Gasteiger partial charge in [0, 0.05) is 13.3 Å². The number of esters is 2. The lowest BCUT2D eigenvalue weighted by molar-refractivity contribution is -0.136. The normalized spacial score (nSPS) is 10.0. The number of unbranched alkanes of at least 4 members (excludes halogenated alkanes) is 3. The van der Waals surface area contributed by atoms with E-state index in [9.17, 15) is 9.59 Å². The van der Waals surface area contributed by atoms with E-state index < -0.39 is 5.97 Å². The molecule has 1 aromatic rings. The molecule has 0 fully saturated rings. The first-order valence-corrected chi connectivity index (χ1v) is 6.61. The second-order valence-electron chi connectivity index (χ2n) is 4.33. The number of carbonyl (C=O) groups excluding carboxylic acids is 2. The summed E-state index contributed by atoms with van der Waals surface area (Å²) in [6.45, 7) is 3.43. The fourth-order valence-corrected chi connectivity index (χ4v) is 1.64. The van der Waals surface area contributed by atoms with Crippen LogP contribution in [0.2, 0.25) is 0 Å². The maximum absolute atomic E-state index is 11.7. The summed E-state index contributed by atoms with van der Waals surface area (Å²) >= 11 is 0. The molecule has 0 aliphatic rings. The van der Waals surface area contributed by atoms with Gasteiger partial charge >= 0.3 is 11.9 Å². The molecule has 0 spiro atoms. The second kappa shape index (κ2) is 8.29. The van der Waals surface area contributed by atoms with Gasteiger partial charge in [0.1, 0.15) is 0 Å². The van der Waals surface area contributed by atoms with Gasteiger partial charge in [0.2, 0.25) is 0 Å². The van der Waals surface area contributed by atoms with Crippen molar-refractivity contribution in [3.63, 3.8) is 0 Å². The molecule has 0 aromatic heterocycles. The van der Waals surface area contributed by atoms with Crippen molar-refractivity contribution >= 4 is 11.9 Å². The largest absolute Gasteiger partial charge is 0.423 e. The van der Waals surface area contributed by atoms with Crippen LogP contribution < -0.4 is 9.47 Å². The van der Waals surface area contributed by atoms with Gasteiger partial charge in [0.05, 0.1) is 0 Å². The van der Waals surface area contributed by atoms with E-state index in [1.165, 1.54) is 6.92 Å². The summed E-state index contributed by atoms with van der Waals surface area (Å²) in [5.74, 6) is -0.169. The number of carbonyl (C=O) groups is 2. The van der Waals surface area contributed by atoms with Crippen LogP contribution in [0.15, 0.2) is 24.3 Å². The highest BCUT2D eigenvalue weighted by atomic mass is 16.6. The molecule has 0 atom stereocenters. The quantitative estimate of drug-likeness (QED) is 0.430. The molecular formula is C15H20O4. The van der Waals surface area contributed by atoms with Gasteiger partial charge < -0.3 is 9.47 Å². The van der Waals surface area contributed by atoms with Crippen molar-refractivity contribution in [3.8, 4) is 11.5 Å². The average Bonchev–Trinajstić information content (AvgIpc) is 2.36. The fourth-order valence-electron chi connectivity index (χ4n) is 1.64. The lowest BCUT2D eigenvalue weighted by atomic mass is 10.1. The van der Waals surface area contributed by atoms with Crippen LogP contribution in [0.25, 0.3) is 0 Å². The third-order valence-electron chi connectivity index (χ3n) is 2.56. The molecule has 0 saturated carbocycles. The first-order chi connectivity index (χ1) is 9.13. The highest BCUT2D eigenvalue weighted by molar-refractivity contribution is 5.75. The zero-order valence-electron chi connectivity index (χ0n) is 11.5. The predicted molar refractivity (Wildman–Crippen MR) is 72.1 cm³/mol. The SMILES string of the molecule is CCCCCCC(=O)Oc1ccccc1OC(C)=O. The minimum absolute atomic E-state index is 0.275. The molecule has 0 bridgehead atoms. The lowest BCUT2D eigenvalue weighted by Gasteiger charge is -2.09. The van der Waals surface area contributed by atoms with Crippen LogP contribution in [0.5, 0.6) is 11.5 Å². The minimum Gasteiger partial charge on any atom is -0.423 e. The van der Waals surface area contributed by atoms with Crippen molar-refractivity contribution < 1.29 is 19.1 Å². The lowest BCUT2D eigenvalue weighted by Crippen LogP contribution is -2.10. The Morgan fingerprint density at radius 1 is 1.00 bits per heavy atom. The highest BCUT2D eigenvalue weighted by Gasteiger charge is 2.11. The maximum Gasteiger partial charge on any atom is 0.311 e. The van der Waals surface area contributed by atoms with Gasteiger partial charge in [-0.15, -0.1) is 0 Å². The Kier molecular flexibility index (Phi) is 6.64. The first-order valence-electron chi connectivity index (χ1n) is 6.61. The molecule has 0 unspecified atom stereocenters. The van der Waals surface area contributed by atoms with Crippen LogP contribution in [0.3, 0.4) is 0 Å². The monoisotopic (exact) mass is 264 g/mol. The van der Waals surface area contributed by atoms with Crippen LogP contribution in [0, 0.1) is 0 Å². The van der Waals surface area contributed by atoms with Crippen LogP contribution in [0.1, 0.15) is 46.0 Å². The summed E-state index contributed by atoms with van der Waals surface area (Å²) in [6, 6.07) is 6.66. The highest BCUT2D eigenvalue weighted by Crippen LogP contribution is 2.27. The van der Waals surface area contributed by atoms with Gasteiger partial charge in [0.25, 0.3) is 0 Å². The Hall–Kier alpha value is -1.84. The van der Waals surface area contributed by atoms with E-state index in [2.05, 4.69) is 6.92 Å². The van der Waals surface area contributed by atoms with Crippen LogP contribution >= 0.6 is 0 Å². The molecular weight excluding hydrogens is 244 g/mol. The number of hydrogen-bond donors (Lipinski definition) is 0. The van der Waals surface area contributed by atoms with Crippen molar-refractivity contribution in [1.29, 1.82) is 0 Å². The molecule has 0 heterocycles. The Labute approximate surface area is 113 Å². The van der Waals surface area contributed by atoms with Crippen LogP contribution in [0.4, 0.5) is 0 Å². The van der Waals surface area contributed by atoms with Gasteiger partial charge in [-0.2, -0.15) is 0 Å². The van der Waals surface area contributed by atoms with Crippen molar-refractivity contribution in [2.24, 2.45) is 0 Å². The first kappa shape index (κ1) is 15.2. The van der Waals surface area contributed by atoms with Crippen molar-refractivity contribution in [2.75, 3.05) is 0 Å². The van der Waals surface area contributed by atoms with Gasteiger partial charge in [-0.1, -0.05) is 38.3 Å². The summed E-state index contributed by atoms with van der Waals surface area (Å²) in [4.78, 5) is 22.6. The molecule has 19 heavy (non-hydrogen) atoms. The van der Waals surface area contributed by atoms with E-state index in [1.54, 1.807) is 24.3 Å². The van der Waals surface area contributed by atoms with Crippen molar-refractivity contribution in [1.82, 2.24) is 0 Å². The van der Waals surface area contributed by atoms with E-state index in [-0.39, 0.29) is 17.5 Å². The standard InChI is InChI=1S/C15H20O4/c1-3-4-5-6-11-15(17)19-14-10-8-7-9-13(14)18-12(2)16/h7-10H,3-6,11H2,1-2H3. The van der Waals surface area contributed by atoms with E-state index in [1.807, 2.05) is 0 Å². The summed E-state index contributed by atoms with van der Waals surface area (Å²) in [6.07, 6.45) is 4.48. The zero-order valence-corrected chi connectivity index (χ0v) is 11.5. The minimum atomic E-state index is -0.438. The molecule has 0 aliphatic carbocycles. The van der Waals surface area contributed by atoms with E-state index >= 15 is 0 Å². The Morgan fingerprint density at radius 2 is 1.63 bits per heavy atom. The van der Waals surface area contributed by atoms with Crippen LogP contribution in [-0.2, 0) is 9.59 Å². The van der Waals surface area contributed by atoms with Crippen LogP contribution in [-0.4, -0.2) is 11.9 Å². The maximum atomic E-state index is 11.7. The van der Waals surface area contributed by atoms with Gasteiger partial charge in [-0.05, 0) is 18.6 Å². The third kappa shape index (κ3) is 6.04. The molecule has 0 amide bonds. The summed E-state index contributed by atoms with van der Waals surface area (Å²) in [7, 11) is 0. The molecule has 104 valence electrons. The Balaban J connectivity index is 2.51. The van der Waals surface area contributed by atoms with E-state index in [0.717, 1.165) is 25.7 Å².